The van der Waals surface area contributed by atoms with Gasteiger partial charge in [-0.2, -0.15) is 11.8 Å². The standard InChI is InChI=1S/C14H23N7S/c1-21-7-5-17-13(21)10-22-8-6-19-14(15)18-4-2-3-12-9-16-11-20-12/h5,7,9,11H,2-4,6,8,10H2,1H3,(H,16,20)(H3,15,18,19). The van der Waals surface area contributed by atoms with Gasteiger partial charge in [0, 0.05) is 44.5 Å². The number of rotatable bonds is 9. The molecule has 2 aromatic rings. The van der Waals surface area contributed by atoms with Gasteiger partial charge in [0.25, 0.3) is 0 Å². The zero-order valence-corrected chi connectivity index (χ0v) is 13.6. The van der Waals surface area contributed by atoms with Crippen molar-refractivity contribution in [2.45, 2.75) is 18.6 Å². The summed E-state index contributed by atoms with van der Waals surface area (Å²) in [7, 11) is 2.00. The fraction of sp³-hybridized carbons (Fsp3) is 0.500. The summed E-state index contributed by atoms with van der Waals surface area (Å²) in [5.74, 6) is 3.32. The second kappa shape index (κ2) is 9.14. The predicted octanol–water partition coefficient (Wildman–Crippen LogP) is 1.12. The number of aromatic nitrogens is 4. The lowest BCUT2D eigenvalue weighted by atomic mass is 10.2. The van der Waals surface area contributed by atoms with Crippen LogP contribution < -0.4 is 10.6 Å². The fourth-order valence-electron chi connectivity index (χ4n) is 1.92. The van der Waals surface area contributed by atoms with Crippen molar-refractivity contribution in [3.05, 3.63) is 36.4 Å². The van der Waals surface area contributed by atoms with Crippen LogP contribution in [0.15, 0.2) is 24.9 Å². The molecule has 0 saturated carbocycles. The second-order valence-electron chi connectivity index (χ2n) is 4.90. The molecule has 0 aromatic carbocycles. The van der Waals surface area contributed by atoms with Crippen molar-refractivity contribution in [3.8, 4) is 0 Å². The van der Waals surface area contributed by atoms with Crippen LogP contribution in [0.1, 0.15) is 17.9 Å². The van der Waals surface area contributed by atoms with Gasteiger partial charge in [-0.1, -0.05) is 0 Å². The second-order valence-corrected chi connectivity index (χ2v) is 6.00. The van der Waals surface area contributed by atoms with Crippen LogP contribution in [0, 0.1) is 5.41 Å². The molecule has 2 rings (SSSR count). The van der Waals surface area contributed by atoms with Gasteiger partial charge in [-0.15, -0.1) is 0 Å². The van der Waals surface area contributed by atoms with E-state index in [2.05, 4.69) is 25.6 Å². The lowest BCUT2D eigenvalue weighted by molar-refractivity contribution is 0.738. The quantitative estimate of drug-likeness (QED) is 0.315. The van der Waals surface area contributed by atoms with Crippen molar-refractivity contribution in [1.82, 2.24) is 30.2 Å². The van der Waals surface area contributed by atoms with E-state index >= 15 is 0 Å². The van der Waals surface area contributed by atoms with E-state index in [4.69, 9.17) is 5.41 Å². The third-order valence-electron chi connectivity index (χ3n) is 3.17. The van der Waals surface area contributed by atoms with E-state index in [-0.39, 0.29) is 0 Å². The van der Waals surface area contributed by atoms with Crippen molar-refractivity contribution in [3.63, 3.8) is 0 Å². The minimum atomic E-state index is 0.389. The van der Waals surface area contributed by atoms with Crippen molar-refractivity contribution in [2.24, 2.45) is 7.05 Å². The minimum absolute atomic E-state index is 0.389. The summed E-state index contributed by atoms with van der Waals surface area (Å²) >= 11 is 1.81. The Labute approximate surface area is 134 Å². The first-order chi connectivity index (χ1) is 10.8. The van der Waals surface area contributed by atoms with Crippen LogP contribution >= 0.6 is 11.8 Å². The van der Waals surface area contributed by atoms with Gasteiger partial charge in [0.15, 0.2) is 5.96 Å². The molecule has 120 valence electrons. The normalized spacial score (nSPS) is 10.6. The molecule has 7 nitrogen and oxygen atoms in total. The Morgan fingerprint density at radius 1 is 1.36 bits per heavy atom. The molecule has 0 aliphatic heterocycles. The molecular formula is C14H23N7S. The molecule has 0 fully saturated rings. The number of nitrogens with one attached hydrogen (secondary N) is 4. The number of hydrogen-bond acceptors (Lipinski definition) is 4. The van der Waals surface area contributed by atoms with E-state index in [1.54, 1.807) is 6.33 Å². The van der Waals surface area contributed by atoms with Gasteiger partial charge in [0.1, 0.15) is 5.82 Å². The number of hydrogen-bond donors (Lipinski definition) is 4. The number of aryl methyl sites for hydroxylation is 2. The van der Waals surface area contributed by atoms with Crippen molar-refractivity contribution in [2.75, 3.05) is 18.8 Å². The third-order valence-corrected chi connectivity index (χ3v) is 4.12. The first kappa shape index (κ1) is 16.4. The van der Waals surface area contributed by atoms with E-state index in [1.165, 1.54) is 0 Å². The Balaban J connectivity index is 1.45. The van der Waals surface area contributed by atoms with Gasteiger partial charge in [0.2, 0.25) is 0 Å². The van der Waals surface area contributed by atoms with Crippen molar-refractivity contribution in [1.29, 1.82) is 5.41 Å². The first-order valence-corrected chi connectivity index (χ1v) is 8.49. The average molecular weight is 321 g/mol. The summed E-state index contributed by atoms with van der Waals surface area (Å²) in [4.78, 5) is 11.4. The molecule has 0 aliphatic rings. The maximum Gasteiger partial charge on any atom is 0.188 e. The van der Waals surface area contributed by atoms with Crippen LogP contribution in [0.5, 0.6) is 0 Å². The van der Waals surface area contributed by atoms with Crippen LogP contribution in [0.3, 0.4) is 0 Å². The molecule has 4 N–H and O–H groups in total. The maximum atomic E-state index is 7.78. The molecule has 0 atom stereocenters. The molecular weight excluding hydrogens is 298 g/mol. The fourth-order valence-corrected chi connectivity index (χ4v) is 2.77. The molecule has 2 aromatic heterocycles. The van der Waals surface area contributed by atoms with E-state index < -0.39 is 0 Å². The number of thioether (sulfide) groups is 1. The van der Waals surface area contributed by atoms with Crippen LogP contribution in [0.2, 0.25) is 0 Å². The Kier molecular flexibility index (Phi) is 6.82. The number of guanidine groups is 1. The van der Waals surface area contributed by atoms with E-state index in [0.29, 0.717) is 5.96 Å². The third kappa shape index (κ3) is 5.80. The number of imidazole rings is 2. The van der Waals surface area contributed by atoms with Gasteiger partial charge in [0.05, 0.1) is 17.8 Å². The summed E-state index contributed by atoms with van der Waals surface area (Å²) in [6.07, 6.45) is 9.25. The summed E-state index contributed by atoms with van der Waals surface area (Å²) in [6.45, 7) is 1.55. The van der Waals surface area contributed by atoms with Gasteiger partial charge in [-0.05, 0) is 12.8 Å². The van der Waals surface area contributed by atoms with Gasteiger partial charge in [-0.25, -0.2) is 9.97 Å². The Bertz CT molecular complexity index is 549. The maximum absolute atomic E-state index is 7.78. The lowest BCUT2D eigenvalue weighted by Crippen LogP contribution is -2.38. The lowest BCUT2D eigenvalue weighted by Gasteiger charge is -2.09. The van der Waals surface area contributed by atoms with Crippen LogP contribution in [-0.2, 0) is 19.2 Å². The van der Waals surface area contributed by atoms with Crippen molar-refractivity contribution >= 4 is 17.7 Å². The van der Waals surface area contributed by atoms with Crippen molar-refractivity contribution < 1.29 is 0 Å². The smallest absolute Gasteiger partial charge is 0.188 e. The minimum Gasteiger partial charge on any atom is -0.357 e. The zero-order valence-electron chi connectivity index (χ0n) is 12.8. The highest BCUT2D eigenvalue weighted by atomic mass is 32.2. The van der Waals surface area contributed by atoms with Gasteiger partial charge in [-0.3, -0.25) is 5.41 Å². The SMILES string of the molecule is Cn1ccnc1CSCCNC(=N)NCCCc1c[nH]cn1. The monoisotopic (exact) mass is 321 g/mol. The summed E-state index contributed by atoms with van der Waals surface area (Å²) in [6, 6.07) is 0. The average Bonchev–Trinajstić information content (AvgIpc) is 3.15. The van der Waals surface area contributed by atoms with Crippen LogP contribution in [0.25, 0.3) is 0 Å². The molecule has 0 aliphatic carbocycles. The molecule has 0 saturated heterocycles. The first-order valence-electron chi connectivity index (χ1n) is 7.33. The van der Waals surface area contributed by atoms with Gasteiger partial charge < -0.3 is 20.2 Å². The number of aromatic amines is 1. The molecule has 0 bridgehead atoms. The summed E-state index contributed by atoms with van der Waals surface area (Å²) < 4.78 is 2.03. The van der Waals surface area contributed by atoms with Crippen LogP contribution in [0.4, 0.5) is 0 Å². The van der Waals surface area contributed by atoms with E-state index in [9.17, 15) is 0 Å². The molecule has 22 heavy (non-hydrogen) atoms. The largest absolute Gasteiger partial charge is 0.357 e. The Hall–Kier alpha value is -1.96. The Morgan fingerprint density at radius 3 is 2.95 bits per heavy atom. The predicted molar refractivity (Wildman–Crippen MR) is 90.0 cm³/mol. The molecule has 0 spiro atoms. The highest BCUT2D eigenvalue weighted by molar-refractivity contribution is 7.98. The molecule has 2 heterocycles. The number of H-pyrrole nitrogens is 1. The summed E-state index contributed by atoms with van der Waals surface area (Å²) in [5.41, 5.74) is 1.06. The summed E-state index contributed by atoms with van der Waals surface area (Å²) in [5, 5.41) is 13.9. The topological polar surface area (TPSA) is 94.4 Å². The molecule has 0 unspecified atom stereocenters. The molecule has 0 radical (unpaired) electrons. The van der Waals surface area contributed by atoms with E-state index in [1.807, 2.05) is 42.0 Å². The highest BCUT2D eigenvalue weighted by Gasteiger charge is 2.00. The van der Waals surface area contributed by atoms with E-state index in [0.717, 1.165) is 49.0 Å². The number of nitrogens with zero attached hydrogens (tertiary/aromatic N) is 3. The van der Waals surface area contributed by atoms with Crippen LogP contribution in [-0.4, -0.2) is 44.3 Å². The Morgan fingerprint density at radius 2 is 2.23 bits per heavy atom. The molecule has 0 amide bonds. The highest BCUT2D eigenvalue weighted by Crippen LogP contribution is 2.08. The van der Waals surface area contributed by atoms with Gasteiger partial charge >= 0.3 is 0 Å². The molecule has 8 heteroatoms. The zero-order chi connectivity index (χ0) is 15.6.